The number of carbonyl (C=O) groups excluding carboxylic acids is 1. The molecule has 0 heterocycles. The Morgan fingerprint density at radius 3 is 2.55 bits per heavy atom. The SMILES string of the molecule is C/C=C/[C@](/C=C/C(=O)OC)(CC)CCOCc1ccccc1. The minimum Gasteiger partial charge on any atom is -0.466 e. The zero-order valence-electron chi connectivity index (χ0n) is 13.7. The lowest BCUT2D eigenvalue weighted by molar-refractivity contribution is -0.134. The first-order chi connectivity index (χ1) is 10.7. The maximum absolute atomic E-state index is 11.3. The average Bonchev–Trinajstić information content (AvgIpc) is 2.57. The highest BCUT2D eigenvalue weighted by molar-refractivity contribution is 5.81. The van der Waals surface area contributed by atoms with E-state index in [9.17, 15) is 4.79 Å². The standard InChI is InChI=1S/C19H26O3/c1-4-12-19(5-2,13-11-18(20)21-3)14-15-22-16-17-9-7-6-8-10-17/h4,6-13H,5,14-16H2,1-3H3/b12-4+,13-11+/t19-/m0/s1. The summed E-state index contributed by atoms with van der Waals surface area (Å²) in [5, 5.41) is 0. The second kappa shape index (κ2) is 9.96. The molecule has 1 rings (SSSR count). The molecule has 1 atom stereocenters. The van der Waals surface area contributed by atoms with Crippen molar-refractivity contribution in [1.82, 2.24) is 0 Å². The molecule has 120 valence electrons. The summed E-state index contributed by atoms with van der Waals surface area (Å²) in [6, 6.07) is 10.1. The second-order valence-corrected chi connectivity index (χ2v) is 5.23. The van der Waals surface area contributed by atoms with E-state index in [0.717, 1.165) is 12.8 Å². The molecule has 1 aromatic carbocycles. The zero-order valence-corrected chi connectivity index (χ0v) is 13.7. The quantitative estimate of drug-likeness (QED) is 0.295. The van der Waals surface area contributed by atoms with E-state index in [1.54, 1.807) is 0 Å². The van der Waals surface area contributed by atoms with Crippen molar-refractivity contribution in [2.75, 3.05) is 13.7 Å². The molecule has 0 aliphatic rings. The lowest BCUT2D eigenvalue weighted by atomic mass is 9.81. The molecule has 3 heteroatoms. The van der Waals surface area contributed by atoms with Crippen molar-refractivity contribution in [2.24, 2.45) is 5.41 Å². The molecule has 0 aliphatic carbocycles. The summed E-state index contributed by atoms with van der Waals surface area (Å²) >= 11 is 0. The Morgan fingerprint density at radius 1 is 1.23 bits per heavy atom. The molecule has 0 aromatic heterocycles. The summed E-state index contributed by atoms with van der Waals surface area (Å²) in [6.45, 7) is 5.34. The van der Waals surface area contributed by atoms with Gasteiger partial charge in [-0.2, -0.15) is 0 Å². The Labute approximate surface area is 133 Å². The molecule has 0 aliphatic heterocycles. The largest absolute Gasteiger partial charge is 0.466 e. The molecule has 22 heavy (non-hydrogen) atoms. The third kappa shape index (κ3) is 6.27. The fourth-order valence-electron chi connectivity index (χ4n) is 2.30. The van der Waals surface area contributed by atoms with Crippen molar-refractivity contribution in [2.45, 2.75) is 33.3 Å². The molecule has 1 aromatic rings. The van der Waals surface area contributed by atoms with E-state index in [1.165, 1.54) is 18.7 Å². The number of hydrogen-bond acceptors (Lipinski definition) is 3. The van der Waals surface area contributed by atoms with Crippen molar-refractivity contribution in [3.63, 3.8) is 0 Å². The summed E-state index contributed by atoms with van der Waals surface area (Å²) < 4.78 is 10.4. The van der Waals surface area contributed by atoms with Crippen molar-refractivity contribution in [1.29, 1.82) is 0 Å². The van der Waals surface area contributed by atoms with Gasteiger partial charge in [0.2, 0.25) is 0 Å². The zero-order chi connectivity index (χ0) is 16.3. The number of allylic oxidation sites excluding steroid dienone is 3. The van der Waals surface area contributed by atoms with Crippen LogP contribution in [-0.2, 0) is 20.9 Å². The van der Waals surface area contributed by atoms with E-state index in [4.69, 9.17) is 4.74 Å². The van der Waals surface area contributed by atoms with Gasteiger partial charge in [-0.3, -0.25) is 0 Å². The van der Waals surface area contributed by atoms with Gasteiger partial charge in [-0.05, 0) is 25.3 Å². The number of rotatable bonds is 9. The molecule has 0 unspecified atom stereocenters. The predicted molar refractivity (Wildman–Crippen MR) is 89.4 cm³/mol. The maximum atomic E-state index is 11.3. The molecule has 0 fully saturated rings. The van der Waals surface area contributed by atoms with E-state index in [1.807, 2.05) is 37.3 Å². The van der Waals surface area contributed by atoms with Crippen LogP contribution in [0.5, 0.6) is 0 Å². The molecule has 0 N–H and O–H groups in total. The predicted octanol–water partition coefficient (Wildman–Crippen LogP) is 4.30. The molecule has 0 amide bonds. The van der Waals surface area contributed by atoms with Crippen LogP contribution in [0.25, 0.3) is 0 Å². The van der Waals surface area contributed by atoms with Crippen LogP contribution in [0, 0.1) is 5.41 Å². The fourth-order valence-corrected chi connectivity index (χ4v) is 2.30. The molecule has 0 saturated carbocycles. The topological polar surface area (TPSA) is 35.5 Å². The molecule has 0 saturated heterocycles. The first kappa shape index (κ1) is 18.2. The van der Waals surface area contributed by atoms with Gasteiger partial charge in [-0.15, -0.1) is 0 Å². The van der Waals surface area contributed by atoms with E-state index < -0.39 is 0 Å². The van der Waals surface area contributed by atoms with E-state index >= 15 is 0 Å². The minimum atomic E-state index is -0.326. The van der Waals surface area contributed by atoms with Crippen LogP contribution in [0.3, 0.4) is 0 Å². The Kier molecular flexibility index (Phi) is 8.23. The number of esters is 1. The smallest absolute Gasteiger partial charge is 0.330 e. The van der Waals surface area contributed by atoms with Crippen LogP contribution in [0.4, 0.5) is 0 Å². The Balaban J connectivity index is 2.57. The van der Waals surface area contributed by atoms with Gasteiger partial charge < -0.3 is 9.47 Å². The summed E-state index contributed by atoms with van der Waals surface area (Å²) in [7, 11) is 1.39. The molecule has 0 bridgehead atoms. The van der Waals surface area contributed by atoms with Gasteiger partial charge in [0.1, 0.15) is 0 Å². The number of hydrogen-bond donors (Lipinski definition) is 0. The Hall–Kier alpha value is -1.87. The summed E-state index contributed by atoms with van der Waals surface area (Å²) in [6.07, 6.45) is 9.29. The lowest BCUT2D eigenvalue weighted by Crippen LogP contribution is -2.17. The molecular formula is C19H26O3. The number of benzene rings is 1. The van der Waals surface area contributed by atoms with Gasteiger partial charge in [0, 0.05) is 18.1 Å². The van der Waals surface area contributed by atoms with Gasteiger partial charge in [-0.25, -0.2) is 4.79 Å². The molecule has 0 radical (unpaired) electrons. The first-order valence-corrected chi connectivity index (χ1v) is 7.68. The maximum Gasteiger partial charge on any atom is 0.330 e. The fraction of sp³-hybridized carbons (Fsp3) is 0.421. The van der Waals surface area contributed by atoms with Crippen molar-refractivity contribution in [3.8, 4) is 0 Å². The van der Waals surface area contributed by atoms with Crippen molar-refractivity contribution >= 4 is 5.97 Å². The van der Waals surface area contributed by atoms with Gasteiger partial charge >= 0.3 is 5.97 Å². The minimum absolute atomic E-state index is 0.167. The van der Waals surface area contributed by atoms with Gasteiger partial charge in [0.15, 0.2) is 0 Å². The molecule has 3 nitrogen and oxygen atoms in total. The van der Waals surface area contributed by atoms with Crippen LogP contribution in [-0.4, -0.2) is 19.7 Å². The normalized spacial score (nSPS) is 14.3. The van der Waals surface area contributed by atoms with Gasteiger partial charge in [0.25, 0.3) is 0 Å². The number of ether oxygens (including phenoxy) is 2. The van der Waals surface area contributed by atoms with Crippen molar-refractivity contribution < 1.29 is 14.3 Å². The van der Waals surface area contributed by atoms with Crippen LogP contribution < -0.4 is 0 Å². The van der Waals surface area contributed by atoms with Gasteiger partial charge in [0.05, 0.1) is 13.7 Å². The number of carbonyl (C=O) groups is 1. The third-order valence-electron chi connectivity index (χ3n) is 3.73. The summed E-state index contributed by atoms with van der Waals surface area (Å²) in [5.41, 5.74) is 1.00. The van der Waals surface area contributed by atoms with Crippen LogP contribution in [0.2, 0.25) is 0 Å². The van der Waals surface area contributed by atoms with E-state index in [2.05, 4.69) is 29.9 Å². The summed E-state index contributed by atoms with van der Waals surface area (Å²) in [5.74, 6) is -0.326. The highest BCUT2D eigenvalue weighted by atomic mass is 16.5. The Morgan fingerprint density at radius 2 is 1.95 bits per heavy atom. The van der Waals surface area contributed by atoms with Crippen LogP contribution in [0.15, 0.2) is 54.6 Å². The lowest BCUT2D eigenvalue weighted by Gasteiger charge is -2.25. The van der Waals surface area contributed by atoms with Crippen molar-refractivity contribution in [3.05, 3.63) is 60.2 Å². The monoisotopic (exact) mass is 302 g/mol. The van der Waals surface area contributed by atoms with E-state index in [-0.39, 0.29) is 11.4 Å². The summed E-state index contributed by atoms with van der Waals surface area (Å²) in [4.78, 5) is 11.3. The highest BCUT2D eigenvalue weighted by Crippen LogP contribution is 2.30. The number of methoxy groups -OCH3 is 1. The third-order valence-corrected chi connectivity index (χ3v) is 3.73. The first-order valence-electron chi connectivity index (χ1n) is 7.68. The second-order valence-electron chi connectivity index (χ2n) is 5.23. The highest BCUT2D eigenvalue weighted by Gasteiger charge is 2.21. The van der Waals surface area contributed by atoms with E-state index in [0.29, 0.717) is 13.2 Å². The average molecular weight is 302 g/mol. The van der Waals surface area contributed by atoms with Gasteiger partial charge in [-0.1, -0.05) is 55.5 Å². The molecular weight excluding hydrogens is 276 g/mol. The molecule has 0 spiro atoms. The van der Waals surface area contributed by atoms with Crippen LogP contribution in [0.1, 0.15) is 32.3 Å². The van der Waals surface area contributed by atoms with Crippen LogP contribution >= 0.6 is 0 Å². The Bertz CT molecular complexity index is 491.